The summed E-state index contributed by atoms with van der Waals surface area (Å²) >= 11 is 0. The quantitative estimate of drug-likeness (QED) is 0.0211. The summed E-state index contributed by atoms with van der Waals surface area (Å²) in [5, 5.41) is 9.74. The summed E-state index contributed by atoms with van der Waals surface area (Å²) in [4.78, 5) is 37.6. The van der Waals surface area contributed by atoms with Crippen LogP contribution in [0.4, 0.5) is 0 Å². The van der Waals surface area contributed by atoms with Gasteiger partial charge in [-0.1, -0.05) is 314 Å². The van der Waals surface area contributed by atoms with Gasteiger partial charge in [0.2, 0.25) is 0 Å². The van der Waals surface area contributed by atoms with E-state index in [0.29, 0.717) is 17.4 Å². The van der Waals surface area contributed by atoms with Crippen molar-refractivity contribution in [3.63, 3.8) is 0 Å². The molecule has 0 amide bonds. The fraction of sp³-hybridized carbons (Fsp3) is 0.878. The minimum Gasteiger partial charge on any atom is -0.477 e. The van der Waals surface area contributed by atoms with E-state index in [4.69, 9.17) is 18.9 Å². The van der Waals surface area contributed by atoms with Crippen molar-refractivity contribution >= 4 is 17.9 Å². The molecule has 0 spiro atoms. The molecule has 0 aliphatic rings. The maximum atomic E-state index is 12.9. The van der Waals surface area contributed by atoms with Gasteiger partial charge in [-0.3, -0.25) is 9.59 Å². The lowest BCUT2D eigenvalue weighted by atomic mass is 10.0. The van der Waals surface area contributed by atoms with Gasteiger partial charge in [0.1, 0.15) is 13.2 Å². The molecule has 0 aromatic carbocycles. The summed E-state index contributed by atoms with van der Waals surface area (Å²) in [5.74, 6) is -1.98. The first kappa shape index (κ1) is 80.5. The van der Waals surface area contributed by atoms with E-state index < -0.39 is 18.4 Å². The lowest BCUT2D eigenvalue weighted by Crippen LogP contribution is -2.40. The highest BCUT2D eigenvalue weighted by molar-refractivity contribution is 5.71. The molecule has 0 aliphatic carbocycles. The van der Waals surface area contributed by atoms with Crippen LogP contribution < -0.4 is 0 Å². The van der Waals surface area contributed by atoms with Crippen LogP contribution in [-0.4, -0.2) is 87.4 Å². The van der Waals surface area contributed by atoms with Crippen molar-refractivity contribution in [1.82, 2.24) is 0 Å². The standard InChI is InChI=1S/C74H139NO8/c1-6-8-10-12-14-16-18-20-22-24-26-27-28-29-30-31-32-33-34-35-36-37-38-39-40-41-42-43-44-45-47-49-51-53-55-57-59-61-63-65-72(77)83-70(69-82-74(73(78)79)80-67-66-75(3,4)5)68-81-71(76)64-62-60-58-56-54-52-50-48-46-25-23-21-19-17-15-13-11-9-7-2/h18,20-21,23-24,26,70,74H,6-17,19,22,25,27-69H2,1-5H3/p+1/b20-18-,23-21-,26-24-. The molecule has 0 aromatic heterocycles. The second-order valence-electron chi connectivity index (χ2n) is 25.9. The molecule has 2 atom stereocenters. The first-order chi connectivity index (χ1) is 40.6. The van der Waals surface area contributed by atoms with Gasteiger partial charge in [-0.25, -0.2) is 4.79 Å². The van der Waals surface area contributed by atoms with Crippen molar-refractivity contribution in [3.8, 4) is 0 Å². The van der Waals surface area contributed by atoms with Crippen LogP contribution in [-0.2, 0) is 33.3 Å². The molecule has 0 aromatic rings. The number of nitrogens with zero attached hydrogens (tertiary/aromatic N) is 1. The molecule has 0 rings (SSSR count). The van der Waals surface area contributed by atoms with E-state index in [1.807, 2.05) is 21.1 Å². The molecule has 0 saturated carbocycles. The predicted octanol–water partition coefficient (Wildman–Crippen LogP) is 22.4. The zero-order chi connectivity index (χ0) is 60.5. The zero-order valence-electron chi connectivity index (χ0n) is 55.9. The third-order valence-electron chi connectivity index (χ3n) is 16.4. The highest BCUT2D eigenvalue weighted by Gasteiger charge is 2.25. The highest BCUT2D eigenvalue weighted by atomic mass is 16.7. The lowest BCUT2D eigenvalue weighted by molar-refractivity contribution is -0.870. The molecule has 0 saturated heterocycles. The summed E-state index contributed by atoms with van der Waals surface area (Å²) in [6.07, 6.45) is 79.9. The number of quaternary nitrogens is 1. The molecule has 2 unspecified atom stereocenters. The van der Waals surface area contributed by atoms with Crippen LogP contribution in [0.5, 0.6) is 0 Å². The van der Waals surface area contributed by atoms with Gasteiger partial charge in [0.15, 0.2) is 6.10 Å². The topological polar surface area (TPSA) is 108 Å². The van der Waals surface area contributed by atoms with E-state index in [2.05, 4.69) is 50.3 Å². The Morgan fingerprint density at radius 1 is 0.361 bits per heavy atom. The number of hydrogen-bond donors (Lipinski definition) is 1. The zero-order valence-corrected chi connectivity index (χ0v) is 55.9. The Hall–Kier alpha value is -2.49. The Morgan fingerprint density at radius 3 is 0.964 bits per heavy atom. The summed E-state index contributed by atoms with van der Waals surface area (Å²) < 4.78 is 23.0. The SMILES string of the molecule is CCCCCCC/C=C\C/C=C\CCCCCCCCCCCCCCCCCCCCCCCCCCCCCC(=O)OC(COC(=O)CCCCCCCCCCC/C=C\CCCCCCCC)COC(OCC[N+](C)(C)C)C(=O)O. The van der Waals surface area contributed by atoms with Crippen molar-refractivity contribution < 1.29 is 42.9 Å². The molecular weight excluding hydrogens is 1030 g/mol. The molecule has 0 fully saturated rings. The van der Waals surface area contributed by atoms with Gasteiger partial charge in [0.25, 0.3) is 6.29 Å². The third-order valence-corrected chi connectivity index (χ3v) is 16.4. The Labute approximate surface area is 515 Å². The number of aliphatic carboxylic acids is 1. The average Bonchev–Trinajstić information content (AvgIpc) is 3.46. The van der Waals surface area contributed by atoms with Crippen LogP contribution in [0.2, 0.25) is 0 Å². The monoisotopic (exact) mass is 1170 g/mol. The fourth-order valence-electron chi connectivity index (χ4n) is 10.8. The highest BCUT2D eigenvalue weighted by Crippen LogP contribution is 2.19. The molecule has 0 heterocycles. The number of carboxylic acid groups (broad SMARTS) is 1. The van der Waals surface area contributed by atoms with Gasteiger partial charge in [-0.15, -0.1) is 0 Å². The number of rotatable bonds is 68. The molecule has 488 valence electrons. The number of unbranched alkanes of at least 4 members (excludes halogenated alkanes) is 47. The van der Waals surface area contributed by atoms with Crippen molar-refractivity contribution in [1.29, 1.82) is 0 Å². The third kappa shape index (κ3) is 66.9. The van der Waals surface area contributed by atoms with Crippen molar-refractivity contribution in [2.45, 2.75) is 373 Å². The molecule has 0 radical (unpaired) electrons. The molecule has 9 heteroatoms. The van der Waals surface area contributed by atoms with Crippen molar-refractivity contribution in [2.24, 2.45) is 0 Å². The van der Waals surface area contributed by atoms with Gasteiger partial charge < -0.3 is 28.5 Å². The van der Waals surface area contributed by atoms with E-state index in [9.17, 15) is 19.5 Å². The normalized spacial score (nSPS) is 12.8. The minimum absolute atomic E-state index is 0.178. The molecule has 83 heavy (non-hydrogen) atoms. The van der Waals surface area contributed by atoms with Gasteiger partial charge >= 0.3 is 17.9 Å². The maximum absolute atomic E-state index is 12.9. The van der Waals surface area contributed by atoms with E-state index in [0.717, 1.165) is 44.9 Å². The van der Waals surface area contributed by atoms with Crippen LogP contribution in [0.3, 0.4) is 0 Å². The fourth-order valence-corrected chi connectivity index (χ4v) is 10.8. The van der Waals surface area contributed by atoms with Crippen molar-refractivity contribution in [3.05, 3.63) is 36.5 Å². The Bertz CT molecular complexity index is 1450. The van der Waals surface area contributed by atoms with Crippen LogP contribution in [0.1, 0.15) is 361 Å². The molecule has 0 aliphatic heterocycles. The van der Waals surface area contributed by atoms with Gasteiger partial charge in [-0.05, 0) is 70.6 Å². The number of carbonyl (C=O) groups excluding carboxylic acids is 2. The van der Waals surface area contributed by atoms with Gasteiger partial charge in [-0.2, -0.15) is 0 Å². The predicted molar refractivity (Wildman–Crippen MR) is 355 cm³/mol. The number of likely N-dealkylation sites (N-methyl/N-ethyl adjacent to an activating group) is 1. The largest absolute Gasteiger partial charge is 0.477 e. The van der Waals surface area contributed by atoms with E-state index in [-0.39, 0.29) is 38.2 Å². The molecular formula is C74H140NO8+. The van der Waals surface area contributed by atoms with Crippen LogP contribution >= 0.6 is 0 Å². The smallest absolute Gasteiger partial charge is 0.361 e. The average molecular weight is 1170 g/mol. The van der Waals surface area contributed by atoms with Gasteiger partial charge in [0.05, 0.1) is 34.4 Å². The Kier molecular flexibility index (Phi) is 63.5. The second-order valence-corrected chi connectivity index (χ2v) is 25.9. The van der Waals surface area contributed by atoms with E-state index in [1.165, 1.54) is 289 Å². The number of allylic oxidation sites excluding steroid dienone is 6. The number of ether oxygens (including phenoxy) is 4. The molecule has 9 nitrogen and oxygen atoms in total. The first-order valence-electron chi connectivity index (χ1n) is 36.2. The lowest BCUT2D eigenvalue weighted by Gasteiger charge is -2.25. The number of carbonyl (C=O) groups is 3. The number of carboxylic acids is 1. The van der Waals surface area contributed by atoms with Crippen LogP contribution in [0.25, 0.3) is 0 Å². The number of esters is 2. The molecule has 0 bridgehead atoms. The maximum Gasteiger partial charge on any atom is 0.361 e. The Balaban J connectivity index is 3.95. The van der Waals surface area contributed by atoms with E-state index >= 15 is 0 Å². The summed E-state index contributed by atoms with van der Waals surface area (Å²) in [5.41, 5.74) is 0. The van der Waals surface area contributed by atoms with Crippen molar-refractivity contribution in [2.75, 3.05) is 47.5 Å². The summed E-state index contributed by atoms with van der Waals surface area (Å²) in [6, 6.07) is 0. The Morgan fingerprint density at radius 2 is 0.651 bits per heavy atom. The second kappa shape index (κ2) is 65.5. The summed E-state index contributed by atoms with van der Waals surface area (Å²) in [6.45, 7) is 4.92. The number of hydrogen-bond acceptors (Lipinski definition) is 7. The van der Waals surface area contributed by atoms with Gasteiger partial charge in [0, 0.05) is 12.8 Å². The molecule has 1 N–H and O–H groups in total. The van der Waals surface area contributed by atoms with Crippen LogP contribution in [0, 0.1) is 0 Å². The summed E-state index contributed by atoms with van der Waals surface area (Å²) in [7, 11) is 5.99. The van der Waals surface area contributed by atoms with Crippen LogP contribution in [0.15, 0.2) is 36.5 Å². The minimum atomic E-state index is -1.51. The first-order valence-corrected chi connectivity index (χ1v) is 36.2. The van der Waals surface area contributed by atoms with E-state index in [1.54, 1.807) is 0 Å².